The maximum Gasteiger partial charge on any atom is 0.229 e. The van der Waals surface area contributed by atoms with Gasteiger partial charge in [-0.05, 0) is 35.4 Å². The maximum atomic E-state index is 13.3. The van der Waals surface area contributed by atoms with Gasteiger partial charge in [-0.3, -0.25) is 4.79 Å². The van der Waals surface area contributed by atoms with Crippen LogP contribution < -0.4 is 5.32 Å². The smallest absolute Gasteiger partial charge is 0.229 e. The van der Waals surface area contributed by atoms with Gasteiger partial charge >= 0.3 is 0 Å². The van der Waals surface area contributed by atoms with E-state index < -0.39 is 0 Å². The third-order valence-corrected chi connectivity index (χ3v) is 4.66. The van der Waals surface area contributed by atoms with Crippen LogP contribution in [-0.4, -0.2) is 15.9 Å². The first-order valence-electron chi connectivity index (χ1n) is 9.67. The molecule has 0 radical (unpaired) electrons. The van der Waals surface area contributed by atoms with Crippen LogP contribution in [0.2, 0.25) is 0 Å². The fraction of sp³-hybridized carbons (Fsp3) is 0.0800. The number of nitrogens with zero attached hydrogens (tertiary/aromatic N) is 2. The van der Waals surface area contributed by atoms with E-state index in [4.69, 9.17) is 4.98 Å². The van der Waals surface area contributed by atoms with Gasteiger partial charge in [-0.1, -0.05) is 60.7 Å². The van der Waals surface area contributed by atoms with Gasteiger partial charge in [0.1, 0.15) is 5.82 Å². The molecule has 4 aromatic rings. The molecule has 0 aliphatic carbocycles. The molecule has 3 aromatic carbocycles. The predicted octanol–water partition coefficient (Wildman–Crippen LogP) is 5.05. The highest BCUT2D eigenvalue weighted by Crippen LogP contribution is 2.22. The van der Waals surface area contributed by atoms with Crippen LogP contribution in [0.5, 0.6) is 0 Å². The summed E-state index contributed by atoms with van der Waals surface area (Å²) >= 11 is 0. The Morgan fingerprint density at radius 1 is 0.833 bits per heavy atom. The van der Waals surface area contributed by atoms with E-state index in [1.54, 1.807) is 18.3 Å². The van der Waals surface area contributed by atoms with Crippen molar-refractivity contribution in [3.05, 3.63) is 114 Å². The maximum absolute atomic E-state index is 13.3. The van der Waals surface area contributed by atoms with E-state index in [9.17, 15) is 9.18 Å². The van der Waals surface area contributed by atoms with Gasteiger partial charge in [0.05, 0.1) is 24.0 Å². The molecule has 0 saturated heterocycles. The molecule has 0 aliphatic heterocycles. The first-order valence-corrected chi connectivity index (χ1v) is 9.67. The highest BCUT2D eigenvalue weighted by Gasteiger charge is 2.13. The van der Waals surface area contributed by atoms with Crippen molar-refractivity contribution in [2.24, 2.45) is 0 Å². The quantitative estimate of drug-likeness (QED) is 0.495. The summed E-state index contributed by atoms with van der Waals surface area (Å²) in [4.78, 5) is 21.8. The van der Waals surface area contributed by atoms with Crippen molar-refractivity contribution >= 4 is 11.7 Å². The van der Waals surface area contributed by atoms with E-state index in [1.807, 2.05) is 60.7 Å². The second-order valence-electron chi connectivity index (χ2n) is 6.93. The fourth-order valence-electron chi connectivity index (χ4n) is 3.16. The lowest BCUT2D eigenvalue weighted by Gasteiger charge is -2.12. The Hall–Kier alpha value is -3.86. The van der Waals surface area contributed by atoms with Crippen LogP contribution in [0.15, 0.2) is 91.1 Å². The number of carbonyl (C=O) groups is 1. The molecule has 0 atom stereocenters. The Labute approximate surface area is 174 Å². The third kappa shape index (κ3) is 4.94. The van der Waals surface area contributed by atoms with Crippen LogP contribution in [0, 0.1) is 5.82 Å². The Morgan fingerprint density at radius 2 is 1.47 bits per heavy atom. The number of amides is 1. The van der Waals surface area contributed by atoms with Gasteiger partial charge in [-0.25, -0.2) is 14.4 Å². The van der Waals surface area contributed by atoms with Gasteiger partial charge in [0.25, 0.3) is 0 Å². The van der Waals surface area contributed by atoms with Crippen molar-refractivity contribution in [1.29, 1.82) is 0 Å². The molecule has 0 unspecified atom stereocenters. The molecule has 1 heterocycles. The molecule has 1 aromatic heterocycles. The van der Waals surface area contributed by atoms with E-state index in [0.29, 0.717) is 23.6 Å². The number of halogens is 1. The molecule has 0 saturated carbocycles. The minimum Gasteiger partial charge on any atom is -0.309 e. The minimum atomic E-state index is -0.305. The lowest BCUT2D eigenvalue weighted by atomic mass is 10.1. The van der Waals surface area contributed by atoms with Gasteiger partial charge in [0, 0.05) is 12.0 Å². The Kier molecular flexibility index (Phi) is 5.90. The normalized spacial score (nSPS) is 10.6. The monoisotopic (exact) mass is 397 g/mol. The summed E-state index contributed by atoms with van der Waals surface area (Å²) in [6.07, 6.45) is 2.37. The first kappa shape index (κ1) is 19.5. The molecule has 0 bridgehead atoms. The fourth-order valence-corrected chi connectivity index (χ4v) is 3.16. The van der Waals surface area contributed by atoms with Crippen molar-refractivity contribution < 1.29 is 9.18 Å². The predicted molar refractivity (Wildman–Crippen MR) is 115 cm³/mol. The number of anilines is 1. The van der Waals surface area contributed by atoms with Crippen molar-refractivity contribution in [3.63, 3.8) is 0 Å². The number of rotatable bonds is 6. The third-order valence-electron chi connectivity index (χ3n) is 4.66. The molecule has 4 nitrogen and oxygen atoms in total. The van der Waals surface area contributed by atoms with E-state index in [1.165, 1.54) is 12.1 Å². The molecule has 0 aliphatic rings. The number of benzene rings is 3. The topological polar surface area (TPSA) is 54.9 Å². The lowest BCUT2D eigenvalue weighted by Crippen LogP contribution is -2.17. The zero-order valence-corrected chi connectivity index (χ0v) is 16.3. The van der Waals surface area contributed by atoms with Crippen molar-refractivity contribution in [2.45, 2.75) is 12.8 Å². The zero-order valence-electron chi connectivity index (χ0n) is 16.3. The number of aromatic nitrogens is 2. The van der Waals surface area contributed by atoms with Gasteiger partial charge in [-0.15, -0.1) is 0 Å². The molecule has 4 rings (SSSR count). The standard InChI is InChI=1S/C25H20FN3O/c26-21-13-11-20(12-14-21)23-17-27-25(22(28-23)15-18-7-3-1-4-8-18)29-24(30)16-19-9-5-2-6-10-19/h1-14,17H,15-16H2,(H,27,29,30). The van der Waals surface area contributed by atoms with Crippen molar-refractivity contribution in [2.75, 3.05) is 5.32 Å². The van der Waals surface area contributed by atoms with E-state index in [0.717, 1.165) is 16.7 Å². The zero-order chi connectivity index (χ0) is 20.8. The van der Waals surface area contributed by atoms with Crippen LogP contribution in [0.1, 0.15) is 16.8 Å². The van der Waals surface area contributed by atoms with Gasteiger partial charge < -0.3 is 5.32 Å². The van der Waals surface area contributed by atoms with Crippen LogP contribution in [0.4, 0.5) is 10.2 Å². The second-order valence-corrected chi connectivity index (χ2v) is 6.93. The summed E-state index contributed by atoms with van der Waals surface area (Å²) in [5.74, 6) is -0.0222. The Morgan fingerprint density at radius 3 is 2.13 bits per heavy atom. The molecule has 0 spiro atoms. The largest absolute Gasteiger partial charge is 0.309 e. The molecule has 1 amide bonds. The van der Waals surface area contributed by atoms with Gasteiger partial charge in [-0.2, -0.15) is 0 Å². The van der Waals surface area contributed by atoms with Gasteiger partial charge in [0.2, 0.25) is 5.91 Å². The number of nitrogens with one attached hydrogen (secondary N) is 1. The van der Waals surface area contributed by atoms with E-state index in [2.05, 4.69) is 10.3 Å². The summed E-state index contributed by atoms with van der Waals surface area (Å²) in [5.41, 5.74) is 4.03. The molecule has 30 heavy (non-hydrogen) atoms. The molecular formula is C25H20FN3O. The molecular weight excluding hydrogens is 377 g/mol. The SMILES string of the molecule is O=C(Cc1ccccc1)Nc1ncc(-c2ccc(F)cc2)nc1Cc1ccccc1. The average Bonchev–Trinajstić information content (AvgIpc) is 2.77. The highest BCUT2D eigenvalue weighted by molar-refractivity contribution is 5.92. The van der Waals surface area contributed by atoms with Crippen LogP contribution >= 0.6 is 0 Å². The van der Waals surface area contributed by atoms with E-state index >= 15 is 0 Å². The number of hydrogen-bond acceptors (Lipinski definition) is 3. The Bertz CT molecular complexity index is 1130. The molecule has 1 N–H and O–H groups in total. The molecule has 148 valence electrons. The van der Waals surface area contributed by atoms with Crippen molar-refractivity contribution in [1.82, 2.24) is 9.97 Å². The van der Waals surface area contributed by atoms with Gasteiger partial charge in [0.15, 0.2) is 5.82 Å². The van der Waals surface area contributed by atoms with Crippen LogP contribution in [0.3, 0.4) is 0 Å². The molecule has 0 fully saturated rings. The summed E-state index contributed by atoms with van der Waals surface area (Å²) in [5, 5.41) is 2.89. The second kappa shape index (κ2) is 9.09. The highest BCUT2D eigenvalue weighted by atomic mass is 19.1. The first-order chi connectivity index (χ1) is 14.7. The summed E-state index contributed by atoms with van der Waals surface area (Å²) in [6.45, 7) is 0. The summed E-state index contributed by atoms with van der Waals surface area (Å²) < 4.78 is 13.3. The van der Waals surface area contributed by atoms with Crippen LogP contribution in [0.25, 0.3) is 11.3 Å². The van der Waals surface area contributed by atoms with Crippen LogP contribution in [-0.2, 0) is 17.6 Å². The number of hydrogen-bond donors (Lipinski definition) is 1. The molecule has 5 heteroatoms. The summed E-state index contributed by atoms with van der Waals surface area (Å²) in [7, 11) is 0. The number of carbonyl (C=O) groups excluding carboxylic acids is 1. The average molecular weight is 397 g/mol. The Balaban J connectivity index is 1.62. The summed E-state index contributed by atoms with van der Waals surface area (Å²) in [6, 6.07) is 25.5. The van der Waals surface area contributed by atoms with Crippen molar-refractivity contribution in [3.8, 4) is 11.3 Å². The van der Waals surface area contributed by atoms with E-state index in [-0.39, 0.29) is 18.1 Å². The minimum absolute atomic E-state index is 0.153. The lowest BCUT2D eigenvalue weighted by molar-refractivity contribution is -0.115.